The molecule has 0 bridgehead atoms. The molecule has 0 saturated carbocycles. The van der Waals surface area contributed by atoms with E-state index in [0.717, 1.165) is 43.9 Å². The van der Waals surface area contributed by atoms with Gasteiger partial charge in [0.2, 0.25) is 5.91 Å². The van der Waals surface area contributed by atoms with Crippen LogP contribution in [0.25, 0.3) is 6.08 Å². The molecule has 0 radical (unpaired) electrons. The number of pyridine rings is 1. The van der Waals surface area contributed by atoms with Crippen LogP contribution in [0.2, 0.25) is 0 Å². The number of aromatic nitrogens is 3. The number of hydrogen-bond acceptors (Lipinski definition) is 6. The summed E-state index contributed by atoms with van der Waals surface area (Å²) in [5.41, 5.74) is 0.932. The van der Waals surface area contributed by atoms with Gasteiger partial charge in [0, 0.05) is 25.4 Å². The van der Waals surface area contributed by atoms with Crippen molar-refractivity contribution in [3.63, 3.8) is 0 Å². The lowest BCUT2D eigenvalue weighted by molar-refractivity contribution is -0.127. The quantitative estimate of drug-likeness (QED) is 0.647. The maximum atomic E-state index is 12.5. The van der Waals surface area contributed by atoms with Gasteiger partial charge in [-0.15, -0.1) is 0 Å². The highest BCUT2D eigenvalue weighted by atomic mass is 16.3. The first-order valence-corrected chi connectivity index (χ1v) is 9.76. The van der Waals surface area contributed by atoms with E-state index in [4.69, 9.17) is 4.42 Å². The van der Waals surface area contributed by atoms with Gasteiger partial charge in [-0.1, -0.05) is 6.07 Å². The highest BCUT2D eigenvalue weighted by Crippen LogP contribution is 2.21. The van der Waals surface area contributed by atoms with Crippen molar-refractivity contribution in [1.29, 1.82) is 0 Å². The Labute approximate surface area is 169 Å². The maximum Gasteiger partial charge on any atom is 0.246 e. The fraction of sp³-hybridized carbons (Fsp3) is 0.273. The zero-order valence-electron chi connectivity index (χ0n) is 16.1. The number of piperidine rings is 1. The van der Waals surface area contributed by atoms with Crippen LogP contribution in [-0.2, 0) is 11.2 Å². The first-order valence-electron chi connectivity index (χ1n) is 9.76. The summed E-state index contributed by atoms with van der Waals surface area (Å²) in [6, 6.07) is 9.29. The monoisotopic (exact) mass is 389 g/mol. The van der Waals surface area contributed by atoms with Crippen molar-refractivity contribution in [2.24, 2.45) is 5.92 Å². The third-order valence-corrected chi connectivity index (χ3v) is 4.89. The molecule has 29 heavy (non-hydrogen) atoms. The van der Waals surface area contributed by atoms with Crippen molar-refractivity contribution in [2.75, 3.05) is 18.4 Å². The SMILES string of the molecule is O=C(/C=C/c1ccco1)N1CCCC(Cc2cnc(Nc3ccccn3)cn2)C1. The topological polar surface area (TPSA) is 84.2 Å². The minimum atomic E-state index is 0.0205. The van der Waals surface area contributed by atoms with Crippen molar-refractivity contribution in [3.8, 4) is 0 Å². The Morgan fingerprint density at radius 1 is 1.17 bits per heavy atom. The van der Waals surface area contributed by atoms with Crippen LogP contribution in [0.1, 0.15) is 24.3 Å². The Balaban J connectivity index is 1.31. The van der Waals surface area contributed by atoms with Crippen molar-refractivity contribution < 1.29 is 9.21 Å². The Morgan fingerprint density at radius 2 is 2.14 bits per heavy atom. The van der Waals surface area contributed by atoms with E-state index in [2.05, 4.69) is 20.3 Å². The molecule has 3 aromatic rings. The van der Waals surface area contributed by atoms with E-state index >= 15 is 0 Å². The van der Waals surface area contributed by atoms with E-state index in [9.17, 15) is 4.79 Å². The number of amides is 1. The third kappa shape index (κ3) is 5.28. The zero-order valence-corrected chi connectivity index (χ0v) is 16.1. The van der Waals surface area contributed by atoms with Gasteiger partial charge in [-0.2, -0.15) is 0 Å². The molecule has 1 aliphatic heterocycles. The minimum Gasteiger partial charge on any atom is -0.465 e. The number of carbonyl (C=O) groups excluding carboxylic acids is 1. The fourth-order valence-electron chi connectivity index (χ4n) is 3.47. The molecule has 1 amide bonds. The second-order valence-corrected chi connectivity index (χ2v) is 7.08. The van der Waals surface area contributed by atoms with Gasteiger partial charge in [-0.3, -0.25) is 9.78 Å². The minimum absolute atomic E-state index is 0.0205. The van der Waals surface area contributed by atoms with Crippen LogP contribution in [0, 0.1) is 5.92 Å². The van der Waals surface area contributed by atoms with Crippen LogP contribution in [0.3, 0.4) is 0 Å². The van der Waals surface area contributed by atoms with Gasteiger partial charge in [0.05, 0.1) is 24.4 Å². The van der Waals surface area contributed by atoms with Gasteiger partial charge in [-0.05, 0) is 55.5 Å². The summed E-state index contributed by atoms with van der Waals surface area (Å²) >= 11 is 0. The lowest BCUT2D eigenvalue weighted by Crippen LogP contribution is -2.39. The predicted octanol–water partition coefficient (Wildman–Crippen LogP) is 3.70. The van der Waals surface area contributed by atoms with E-state index < -0.39 is 0 Å². The number of nitrogens with one attached hydrogen (secondary N) is 1. The van der Waals surface area contributed by atoms with Crippen molar-refractivity contribution in [3.05, 3.63) is 72.7 Å². The molecule has 1 aliphatic rings. The highest BCUT2D eigenvalue weighted by Gasteiger charge is 2.23. The molecule has 0 aromatic carbocycles. The smallest absolute Gasteiger partial charge is 0.246 e. The standard InChI is InChI=1S/C22H23N5O2/c28-22(9-8-19-6-4-12-29-19)27-11-3-5-17(16-27)13-18-14-25-21(15-24-18)26-20-7-1-2-10-23-20/h1-2,4,6-10,12,14-15,17H,3,5,11,13,16H2,(H,23,25,26)/b9-8+. The zero-order chi connectivity index (χ0) is 19.9. The van der Waals surface area contributed by atoms with Crippen molar-refractivity contribution in [1.82, 2.24) is 19.9 Å². The normalized spacial score (nSPS) is 16.8. The Bertz CT molecular complexity index is 939. The molecule has 0 spiro atoms. The van der Waals surface area contributed by atoms with Crippen LogP contribution < -0.4 is 5.32 Å². The molecule has 148 valence electrons. The summed E-state index contributed by atoms with van der Waals surface area (Å²) in [5.74, 6) is 2.48. The molecular weight excluding hydrogens is 366 g/mol. The average molecular weight is 389 g/mol. The van der Waals surface area contributed by atoms with Gasteiger partial charge >= 0.3 is 0 Å². The van der Waals surface area contributed by atoms with Crippen molar-refractivity contribution in [2.45, 2.75) is 19.3 Å². The van der Waals surface area contributed by atoms with Crippen LogP contribution >= 0.6 is 0 Å². The highest BCUT2D eigenvalue weighted by molar-refractivity contribution is 5.91. The number of anilines is 2. The first kappa shape index (κ1) is 18.9. The molecule has 4 rings (SSSR count). The van der Waals surface area contributed by atoms with E-state index in [0.29, 0.717) is 17.5 Å². The molecule has 1 fully saturated rings. The molecule has 1 unspecified atom stereocenters. The summed E-state index contributed by atoms with van der Waals surface area (Å²) in [4.78, 5) is 27.5. The second kappa shape index (κ2) is 9.14. The summed E-state index contributed by atoms with van der Waals surface area (Å²) in [7, 11) is 0. The van der Waals surface area contributed by atoms with Crippen molar-refractivity contribution >= 4 is 23.6 Å². The Hall–Kier alpha value is -3.48. The maximum absolute atomic E-state index is 12.5. The van der Waals surface area contributed by atoms with Crippen LogP contribution in [-0.4, -0.2) is 38.8 Å². The molecule has 0 aliphatic carbocycles. The Morgan fingerprint density at radius 3 is 2.90 bits per heavy atom. The largest absolute Gasteiger partial charge is 0.465 e. The lowest BCUT2D eigenvalue weighted by Gasteiger charge is -2.32. The van der Waals surface area contributed by atoms with Crippen LogP contribution in [0.4, 0.5) is 11.6 Å². The number of likely N-dealkylation sites (tertiary alicyclic amines) is 1. The van der Waals surface area contributed by atoms with Gasteiger partial charge in [0.15, 0.2) is 0 Å². The summed E-state index contributed by atoms with van der Waals surface area (Å²) < 4.78 is 5.24. The third-order valence-electron chi connectivity index (χ3n) is 4.89. The van der Waals surface area contributed by atoms with E-state index in [-0.39, 0.29) is 5.91 Å². The molecule has 4 heterocycles. The van der Waals surface area contributed by atoms with Crippen LogP contribution in [0.5, 0.6) is 0 Å². The second-order valence-electron chi connectivity index (χ2n) is 7.08. The van der Waals surface area contributed by atoms with Gasteiger partial charge in [-0.25, -0.2) is 9.97 Å². The first-order chi connectivity index (χ1) is 14.3. The molecule has 1 atom stereocenters. The summed E-state index contributed by atoms with van der Waals surface area (Å²) in [6.07, 6.45) is 13.0. The molecule has 3 aromatic heterocycles. The van der Waals surface area contributed by atoms with Gasteiger partial charge in [0.25, 0.3) is 0 Å². The van der Waals surface area contributed by atoms with Gasteiger partial charge < -0.3 is 14.6 Å². The Kier molecular flexibility index (Phi) is 5.95. The summed E-state index contributed by atoms with van der Waals surface area (Å²) in [6.45, 7) is 1.52. The molecule has 7 nitrogen and oxygen atoms in total. The van der Waals surface area contributed by atoms with Gasteiger partial charge in [0.1, 0.15) is 17.4 Å². The average Bonchev–Trinajstić information content (AvgIpc) is 3.28. The van der Waals surface area contributed by atoms with Crippen LogP contribution in [0.15, 0.2) is 65.7 Å². The van der Waals surface area contributed by atoms with E-state index in [1.165, 1.54) is 0 Å². The summed E-state index contributed by atoms with van der Waals surface area (Å²) in [5, 5.41) is 3.13. The fourth-order valence-corrected chi connectivity index (χ4v) is 3.47. The van der Waals surface area contributed by atoms with E-state index in [1.807, 2.05) is 29.2 Å². The molecule has 1 N–H and O–H groups in total. The lowest BCUT2D eigenvalue weighted by atomic mass is 9.93. The molecular formula is C22H23N5O2. The molecule has 7 heteroatoms. The number of nitrogens with zero attached hydrogens (tertiary/aromatic N) is 4. The number of rotatable bonds is 6. The number of carbonyl (C=O) groups is 1. The molecule has 1 saturated heterocycles. The van der Waals surface area contributed by atoms with E-state index in [1.54, 1.807) is 43.1 Å². The predicted molar refractivity (Wildman–Crippen MR) is 110 cm³/mol. The number of hydrogen-bond donors (Lipinski definition) is 1. The number of furan rings is 1.